The van der Waals surface area contributed by atoms with E-state index >= 15 is 0 Å². The third-order valence-corrected chi connectivity index (χ3v) is 3.99. The van der Waals surface area contributed by atoms with Crippen molar-refractivity contribution in [2.75, 3.05) is 0 Å². The van der Waals surface area contributed by atoms with Crippen LogP contribution in [0.15, 0.2) is 24.3 Å². The fraction of sp³-hybridized carbons (Fsp3) is 0.692. The van der Waals surface area contributed by atoms with Crippen molar-refractivity contribution >= 4 is 0 Å². The minimum Gasteiger partial charge on any atom is -0.0837 e. The van der Waals surface area contributed by atoms with Crippen LogP contribution in [0, 0.1) is 17.3 Å². The molecule has 1 saturated carbocycles. The molecule has 72 valence electrons. The standard InChI is InChI=1S/C13H20/c1-11-7-6-8-12(11)13(2)9-4-3-5-10-13/h3-5,9,11-12H,6-8,10H2,1-2H3. The number of hydrogen-bond acceptors (Lipinski definition) is 0. The minimum absolute atomic E-state index is 0.463. The van der Waals surface area contributed by atoms with E-state index in [2.05, 4.69) is 38.2 Å². The van der Waals surface area contributed by atoms with Crippen molar-refractivity contribution in [2.24, 2.45) is 17.3 Å². The molecule has 2 aliphatic carbocycles. The van der Waals surface area contributed by atoms with E-state index < -0.39 is 0 Å². The van der Waals surface area contributed by atoms with E-state index in [9.17, 15) is 0 Å². The van der Waals surface area contributed by atoms with Crippen LogP contribution in [0.5, 0.6) is 0 Å². The van der Waals surface area contributed by atoms with Crippen molar-refractivity contribution in [3.05, 3.63) is 24.3 Å². The molecule has 2 aliphatic rings. The summed E-state index contributed by atoms with van der Waals surface area (Å²) in [5.41, 5.74) is 0.463. The highest BCUT2D eigenvalue weighted by atomic mass is 14.4. The Kier molecular flexibility index (Phi) is 2.31. The Balaban J connectivity index is 2.14. The highest BCUT2D eigenvalue weighted by Crippen LogP contribution is 2.47. The van der Waals surface area contributed by atoms with Crippen molar-refractivity contribution < 1.29 is 0 Å². The van der Waals surface area contributed by atoms with Gasteiger partial charge in [-0.25, -0.2) is 0 Å². The van der Waals surface area contributed by atoms with Gasteiger partial charge in [0.1, 0.15) is 0 Å². The van der Waals surface area contributed by atoms with Gasteiger partial charge in [-0.15, -0.1) is 0 Å². The fourth-order valence-electron chi connectivity index (χ4n) is 3.14. The second-order valence-electron chi connectivity index (χ2n) is 5.01. The van der Waals surface area contributed by atoms with Crippen molar-refractivity contribution in [2.45, 2.75) is 39.5 Å². The summed E-state index contributed by atoms with van der Waals surface area (Å²) in [6, 6.07) is 0. The third-order valence-electron chi connectivity index (χ3n) is 3.99. The molecule has 0 heterocycles. The molecule has 0 aliphatic heterocycles. The normalized spacial score (nSPS) is 44.2. The first-order chi connectivity index (χ1) is 6.22. The molecule has 13 heavy (non-hydrogen) atoms. The molecule has 0 heteroatoms. The Labute approximate surface area is 81.7 Å². The Morgan fingerprint density at radius 1 is 1.23 bits per heavy atom. The van der Waals surface area contributed by atoms with Crippen LogP contribution in [0.3, 0.4) is 0 Å². The molecule has 3 unspecified atom stereocenters. The maximum absolute atomic E-state index is 2.43. The second kappa shape index (κ2) is 3.32. The van der Waals surface area contributed by atoms with Crippen LogP contribution < -0.4 is 0 Å². The van der Waals surface area contributed by atoms with Gasteiger partial charge in [-0.1, -0.05) is 51.0 Å². The van der Waals surface area contributed by atoms with Crippen LogP contribution in [-0.4, -0.2) is 0 Å². The topological polar surface area (TPSA) is 0 Å². The van der Waals surface area contributed by atoms with E-state index in [0.29, 0.717) is 5.41 Å². The summed E-state index contributed by atoms with van der Waals surface area (Å²) in [4.78, 5) is 0. The zero-order chi connectivity index (χ0) is 9.31. The molecule has 0 nitrogen and oxygen atoms in total. The average molecular weight is 176 g/mol. The molecule has 1 fully saturated rings. The number of allylic oxidation sites excluding steroid dienone is 4. The zero-order valence-electron chi connectivity index (χ0n) is 8.79. The van der Waals surface area contributed by atoms with Gasteiger partial charge in [0.05, 0.1) is 0 Å². The summed E-state index contributed by atoms with van der Waals surface area (Å²) in [5, 5.41) is 0. The van der Waals surface area contributed by atoms with Crippen molar-refractivity contribution in [1.29, 1.82) is 0 Å². The molecule has 2 rings (SSSR count). The van der Waals surface area contributed by atoms with Gasteiger partial charge >= 0.3 is 0 Å². The summed E-state index contributed by atoms with van der Waals surface area (Å²) in [6.45, 7) is 4.86. The fourth-order valence-corrected chi connectivity index (χ4v) is 3.14. The highest BCUT2D eigenvalue weighted by Gasteiger charge is 2.37. The first-order valence-corrected chi connectivity index (χ1v) is 5.57. The average Bonchev–Trinajstić information content (AvgIpc) is 2.53. The molecular formula is C13H20. The smallest absolute Gasteiger partial charge is 0.00781 e. The lowest BCUT2D eigenvalue weighted by molar-refractivity contribution is 0.209. The first kappa shape index (κ1) is 9.05. The molecule has 3 atom stereocenters. The molecule has 0 N–H and O–H groups in total. The molecule has 0 aromatic carbocycles. The highest BCUT2D eigenvalue weighted by molar-refractivity contribution is 5.17. The third kappa shape index (κ3) is 1.59. The van der Waals surface area contributed by atoms with Crippen LogP contribution in [0.1, 0.15) is 39.5 Å². The largest absolute Gasteiger partial charge is 0.0837 e. The van der Waals surface area contributed by atoms with E-state index in [-0.39, 0.29) is 0 Å². The summed E-state index contributed by atoms with van der Waals surface area (Å²) in [7, 11) is 0. The quantitative estimate of drug-likeness (QED) is 0.567. The van der Waals surface area contributed by atoms with Gasteiger partial charge in [0.25, 0.3) is 0 Å². The molecule has 0 bridgehead atoms. The van der Waals surface area contributed by atoms with E-state index in [0.717, 1.165) is 11.8 Å². The lowest BCUT2D eigenvalue weighted by Gasteiger charge is -2.36. The van der Waals surface area contributed by atoms with Gasteiger partial charge < -0.3 is 0 Å². The maximum Gasteiger partial charge on any atom is -0.00781 e. The molecule has 0 aromatic heterocycles. The Morgan fingerprint density at radius 3 is 2.62 bits per heavy atom. The monoisotopic (exact) mass is 176 g/mol. The van der Waals surface area contributed by atoms with Crippen LogP contribution in [0.2, 0.25) is 0 Å². The second-order valence-corrected chi connectivity index (χ2v) is 5.01. The van der Waals surface area contributed by atoms with Gasteiger partial charge in [-0.3, -0.25) is 0 Å². The summed E-state index contributed by atoms with van der Waals surface area (Å²) in [6.07, 6.45) is 14.7. The van der Waals surface area contributed by atoms with E-state index in [1.54, 1.807) is 0 Å². The van der Waals surface area contributed by atoms with Gasteiger partial charge in [-0.05, 0) is 30.1 Å². The van der Waals surface area contributed by atoms with Gasteiger partial charge in [0, 0.05) is 0 Å². The lowest BCUT2D eigenvalue weighted by atomic mass is 9.69. The van der Waals surface area contributed by atoms with Crippen molar-refractivity contribution in [1.82, 2.24) is 0 Å². The van der Waals surface area contributed by atoms with Crippen LogP contribution in [0.4, 0.5) is 0 Å². The van der Waals surface area contributed by atoms with E-state index in [4.69, 9.17) is 0 Å². The molecular weight excluding hydrogens is 156 g/mol. The molecule has 0 saturated heterocycles. The molecule has 0 aromatic rings. The van der Waals surface area contributed by atoms with Crippen LogP contribution in [-0.2, 0) is 0 Å². The molecule has 0 radical (unpaired) electrons. The molecule has 0 amide bonds. The predicted octanol–water partition coefficient (Wildman–Crippen LogP) is 3.95. The van der Waals surface area contributed by atoms with Crippen molar-refractivity contribution in [3.8, 4) is 0 Å². The summed E-state index contributed by atoms with van der Waals surface area (Å²) >= 11 is 0. The van der Waals surface area contributed by atoms with Crippen LogP contribution in [0.25, 0.3) is 0 Å². The lowest BCUT2D eigenvalue weighted by Crippen LogP contribution is -2.27. The Hall–Kier alpha value is -0.520. The summed E-state index contributed by atoms with van der Waals surface area (Å²) in [5.74, 6) is 1.86. The SMILES string of the molecule is CC1CCCC1C1(C)C=CC=CC1. The van der Waals surface area contributed by atoms with Crippen molar-refractivity contribution in [3.63, 3.8) is 0 Å². The van der Waals surface area contributed by atoms with Gasteiger partial charge in [0.2, 0.25) is 0 Å². The van der Waals surface area contributed by atoms with Crippen LogP contribution >= 0.6 is 0 Å². The number of rotatable bonds is 1. The zero-order valence-corrected chi connectivity index (χ0v) is 8.79. The minimum atomic E-state index is 0.463. The predicted molar refractivity (Wildman–Crippen MR) is 57.5 cm³/mol. The maximum atomic E-state index is 2.43. The first-order valence-electron chi connectivity index (χ1n) is 5.57. The molecule has 0 spiro atoms. The number of hydrogen-bond donors (Lipinski definition) is 0. The van der Waals surface area contributed by atoms with Gasteiger partial charge in [0.15, 0.2) is 0 Å². The summed E-state index contributed by atoms with van der Waals surface area (Å²) < 4.78 is 0. The van der Waals surface area contributed by atoms with E-state index in [1.807, 2.05) is 0 Å². The Morgan fingerprint density at radius 2 is 2.08 bits per heavy atom. The van der Waals surface area contributed by atoms with Gasteiger partial charge in [-0.2, -0.15) is 0 Å². The Bertz CT molecular complexity index is 236. The van der Waals surface area contributed by atoms with E-state index in [1.165, 1.54) is 25.7 Å².